The Morgan fingerprint density at radius 1 is 0.452 bits per heavy atom. The van der Waals surface area contributed by atoms with E-state index < -0.39 is 5.97 Å². The third kappa shape index (κ3) is 52.4. The summed E-state index contributed by atoms with van der Waals surface area (Å²) in [6.45, 7) is 4.74. The van der Waals surface area contributed by atoms with Gasteiger partial charge in [0.1, 0.15) is 0 Å². The molecule has 0 amide bonds. The summed E-state index contributed by atoms with van der Waals surface area (Å²) >= 11 is 0. The molecule has 0 aliphatic heterocycles. The van der Waals surface area contributed by atoms with Crippen LogP contribution in [0.5, 0.6) is 0 Å². The molecule has 62 heavy (non-hydrogen) atoms. The van der Waals surface area contributed by atoms with E-state index in [0.717, 1.165) is 51.6 Å². The fourth-order valence-corrected chi connectivity index (χ4v) is 8.27. The molecule has 6 heteroatoms. The largest absolute Gasteiger partial charge is 0.481 e. The van der Waals surface area contributed by atoms with Crippen molar-refractivity contribution in [2.45, 2.75) is 289 Å². The molecule has 364 valence electrons. The van der Waals surface area contributed by atoms with E-state index in [0.29, 0.717) is 25.5 Å². The second kappa shape index (κ2) is 53.4. The molecule has 0 bridgehead atoms. The van der Waals surface area contributed by atoms with Gasteiger partial charge in [0.2, 0.25) is 0 Å². The normalized spacial score (nSPS) is 12.4. The molecule has 4 N–H and O–H groups in total. The van der Waals surface area contributed by atoms with Crippen LogP contribution in [0, 0.1) is 0 Å². The molecule has 0 rings (SSSR count). The number of nitrogens with one attached hydrogen (secondary N) is 1. The number of hydrogen-bond acceptors (Lipinski definition) is 5. The Labute approximate surface area is 386 Å². The molecular weight excluding hydrogens is 765 g/mol. The molecule has 0 radical (unpaired) electrons. The van der Waals surface area contributed by atoms with Crippen molar-refractivity contribution in [2.75, 3.05) is 19.7 Å². The highest BCUT2D eigenvalue weighted by atomic mass is 16.5. The van der Waals surface area contributed by atoms with Gasteiger partial charge in [-0.3, -0.25) is 9.59 Å². The van der Waals surface area contributed by atoms with Gasteiger partial charge in [0.15, 0.2) is 0 Å². The summed E-state index contributed by atoms with van der Waals surface area (Å²) in [5.41, 5.74) is 6.07. The number of rotatable bonds is 52. The fraction of sp³-hybridized carbons (Fsp3) is 0.857. The monoisotopic (exact) mass is 871 g/mol. The zero-order valence-electron chi connectivity index (χ0n) is 41.3. The highest BCUT2D eigenvalue weighted by Gasteiger charge is 2.06. The number of carboxylic acid groups (broad SMARTS) is 1. The van der Waals surface area contributed by atoms with Crippen LogP contribution < -0.4 is 11.1 Å². The van der Waals surface area contributed by atoms with Crippen LogP contribution in [0.2, 0.25) is 0 Å². The maximum Gasteiger partial charge on any atom is 0.305 e. The Morgan fingerprint density at radius 2 is 0.790 bits per heavy atom. The van der Waals surface area contributed by atoms with Gasteiger partial charge in [0.25, 0.3) is 0 Å². The number of unbranched alkanes of at least 4 members (excludes halogenated alkanes) is 34. The van der Waals surface area contributed by atoms with Crippen molar-refractivity contribution in [3.63, 3.8) is 0 Å². The van der Waals surface area contributed by atoms with E-state index in [1.165, 1.54) is 225 Å². The molecule has 0 aromatic heterocycles. The van der Waals surface area contributed by atoms with Gasteiger partial charge in [-0.1, -0.05) is 197 Å². The molecule has 1 unspecified atom stereocenters. The zero-order valence-corrected chi connectivity index (χ0v) is 41.3. The first kappa shape index (κ1) is 60.1. The van der Waals surface area contributed by atoms with Crippen molar-refractivity contribution in [1.82, 2.24) is 5.32 Å². The SMILES string of the molecule is CCCCCCCC/C=C\CCCCCCCCOC(=O)CCCCCCC/C=C\CCCCCCCCNC(CN)CCCCCCCC/C=C\CCCCCCCC(=O)O. The first-order chi connectivity index (χ1) is 30.6. The highest BCUT2D eigenvalue weighted by Crippen LogP contribution is 2.14. The summed E-state index contributed by atoms with van der Waals surface area (Å²) in [4.78, 5) is 22.6. The van der Waals surface area contributed by atoms with Gasteiger partial charge in [-0.05, 0) is 116 Å². The summed E-state index contributed by atoms with van der Waals surface area (Å²) in [5, 5.41) is 12.4. The molecule has 0 saturated heterocycles. The Morgan fingerprint density at radius 3 is 1.19 bits per heavy atom. The van der Waals surface area contributed by atoms with E-state index in [-0.39, 0.29) is 5.97 Å². The Hall–Kier alpha value is -1.92. The minimum Gasteiger partial charge on any atom is -0.481 e. The van der Waals surface area contributed by atoms with Crippen LogP contribution in [0.4, 0.5) is 0 Å². The second-order valence-corrected chi connectivity index (χ2v) is 18.6. The standard InChI is InChI=1S/C56H106N2O4/c1-2-3-4-5-6-7-8-9-10-17-22-27-32-37-42-47-52-62-56(61)50-45-40-35-30-25-20-15-12-16-21-26-31-36-41-46-51-58-54(53-57)48-43-38-33-28-23-18-13-11-14-19-24-29-34-39-44-49-55(59)60/h9-12,14-15,54,58H,2-8,13,16-53,57H2,1H3,(H,59,60)/b10-9-,14-11-,15-12-. The average molecular weight is 871 g/mol. The number of nitrogens with two attached hydrogens (primary N) is 1. The number of allylic oxidation sites excluding steroid dienone is 6. The number of aliphatic carboxylic acids is 1. The van der Waals surface area contributed by atoms with E-state index in [2.05, 4.69) is 48.7 Å². The molecular formula is C56H106N2O4. The average Bonchev–Trinajstić information content (AvgIpc) is 3.27. The summed E-state index contributed by atoms with van der Waals surface area (Å²) in [6.07, 6.45) is 66.6. The lowest BCUT2D eigenvalue weighted by molar-refractivity contribution is -0.144. The number of carbonyl (C=O) groups excluding carboxylic acids is 1. The molecule has 0 spiro atoms. The fourth-order valence-electron chi connectivity index (χ4n) is 8.27. The van der Waals surface area contributed by atoms with Gasteiger partial charge in [0, 0.05) is 25.4 Å². The van der Waals surface area contributed by atoms with E-state index in [1.807, 2.05) is 0 Å². The maximum absolute atomic E-state index is 12.1. The topological polar surface area (TPSA) is 102 Å². The first-order valence-corrected chi connectivity index (χ1v) is 27.4. The van der Waals surface area contributed by atoms with Crippen LogP contribution in [-0.4, -0.2) is 42.8 Å². The molecule has 0 fully saturated rings. The quantitative estimate of drug-likeness (QED) is 0.0320. The predicted octanol–water partition coefficient (Wildman–Crippen LogP) is 17.0. The van der Waals surface area contributed by atoms with Gasteiger partial charge in [-0.25, -0.2) is 0 Å². The molecule has 0 aliphatic carbocycles. The van der Waals surface area contributed by atoms with Crippen LogP contribution >= 0.6 is 0 Å². The lowest BCUT2D eigenvalue weighted by atomic mass is 10.0. The lowest BCUT2D eigenvalue weighted by Gasteiger charge is -2.16. The zero-order chi connectivity index (χ0) is 44.9. The van der Waals surface area contributed by atoms with E-state index in [9.17, 15) is 9.59 Å². The van der Waals surface area contributed by atoms with E-state index in [4.69, 9.17) is 15.6 Å². The molecule has 0 aromatic rings. The van der Waals surface area contributed by atoms with Crippen molar-refractivity contribution in [2.24, 2.45) is 5.73 Å². The van der Waals surface area contributed by atoms with Crippen molar-refractivity contribution >= 4 is 11.9 Å². The molecule has 0 aliphatic rings. The summed E-state index contributed by atoms with van der Waals surface area (Å²) < 4.78 is 5.47. The maximum atomic E-state index is 12.1. The van der Waals surface area contributed by atoms with Gasteiger partial charge in [-0.2, -0.15) is 0 Å². The Kier molecular flexibility index (Phi) is 51.8. The summed E-state index contributed by atoms with van der Waals surface area (Å²) in [6, 6.07) is 0.481. The van der Waals surface area contributed by atoms with E-state index in [1.54, 1.807) is 0 Å². The Balaban J connectivity index is 3.36. The first-order valence-electron chi connectivity index (χ1n) is 27.4. The van der Waals surface area contributed by atoms with Crippen LogP contribution in [0.1, 0.15) is 283 Å². The van der Waals surface area contributed by atoms with E-state index >= 15 is 0 Å². The van der Waals surface area contributed by atoms with Crippen molar-refractivity contribution in [1.29, 1.82) is 0 Å². The molecule has 0 saturated carbocycles. The Bertz CT molecular complexity index is 994. The molecule has 0 heterocycles. The number of esters is 1. The summed E-state index contributed by atoms with van der Waals surface area (Å²) in [7, 11) is 0. The molecule has 6 nitrogen and oxygen atoms in total. The highest BCUT2D eigenvalue weighted by molar-refractivity contribution is 5.69. The second-order valence-electron chi connectivity index (χ2n) is 18.6. The molecule has 0 aromatic carbocycles. The van der Waals surface area contributed by atoms with Crippen molar-refractivity contribution < 1.29 is 19.4 Å². The van der Waals surface area contributed by atoms with Gasteiger partial charge in [-0.15, -0.1) is 0 Å². The number of hydrogen-bond donors (Lipinski definition) is 3. The van der Waals surface area contributed by atoms with Crippen LogP contribution in [0.3, 0.4) is 0 Å². The predicted molar refractivity (Wildman–Crippen MR) is 271 cm³/mol. The third-order valence-corrected chi connectivity index (χ3v) is 12.5. The number of ether oxygens (including phenoxy) is 1. The number of carbonyl (C=O) groups is 2. The van der Waals surface area contributed by atoms with Crippen molar-refractivity contribution in [3.8, 4) is 0 Å². The van der Waals surface area contributed by atoms with Crippen LogP contribution in [0.15, 0.2) is 36.5 Å². The number of carboxylic acids is 1. The van der Waals surface area contributed by atoms with Crippen LogP contribution in [0.25, 0.3) is 0 Å². The van der Waals surface area contributed by atoms with Gasteiger partial charge < -0.3 is 20.9 Å². The third-order valence-electron chi connectivity index (χ3n) is 12.5. The minimum absolute atomic E-state index is 0.00141. The van der Waals surface area contributed by atoms with Crippen LogP contribution in [-0.2, 0) is 14.3 Å². The lowest BCUT2D eigenvalue weighted by Crippen LogP contribution is -2.36. The van der Waals surface area contributed by atoms with Crippen molar-refractivity contribution in [3.05, 3.63) is 36.5 Å². The smallest absolute Gasteiger partial charge is 0.305 e. The van der Waals surface area contributed by atoms with Gasteiger partial charge >= 0.3 is 11.9 Å². The minimum atomic E-state index is -0.670. The molecule has 1 atom stereocenters. The summed E-state index contributed by atoms with van der Waals surface area (Å²) in [5.74, 6) is -0.669. The van der Waals surface area contributed by atoms with Gasteiger partial charge in [0.05, 0.1) is 6.61 Å².